The lowest BCUT2D eigenvalue weighted by atomic mass is 9.95. The van der Waals surface area contributed by atoms with Gasteiger partial charge in [0, 0.05) is 16.2 Å². The van der Waals surface area contributed by atoms with E-state index in [1.54, 1.807) is 0 Å². The summed E-state index contributed by atoms with van der Waals surface area (Å²) in [5.41, 5.74) is 2.96. The average Bonchev–Trinajstić information content (AvgIpc) is 2.92. The van der Waals surface area contributed by atoms with Crippen molar-refractivity contribution in [2.75, 3.05) is 13.2 Å². The SMILES string of the molecule is CCCNC(C1=COCCC1)C1Cc2ccccc2S1. The minimum absolute atomic E-state index is 0.452. The van der Waals surface area contributed by atoms with Gasteiger partial charge in [0.1, 0.15) is 0 Å². The fraction of sp³-hybridized carbons (Fsp3) is 0.529. The summed E-state index contributed by atoms with van der Waals surface area (Å²) in [6.07, 6.45) is 6.68. The minimum atomic E-state index is 0.452. The first-order valence-electron chi connectivity index (χ1n) is 7.67. The number of rotatable bonds is 5. The third kappa shape index (κ3) is 3.04. The first-order valence-corrected chi connectivity index (χ1v) is 8.55. The van der Waals surface area contributed by atoms with E-state index < -0.39 is 0 Å². The highest BCUT2D eigenvalue weighted by Gasteiger charge is 2.31. The van der Waals surface area contributed by atoms with Crippen LogP contribution in [0.4, 0.5) is 0 Å². The lowest BCUT2D eigenvalue weighted by Gasteiger charge is -2.28. The van der Waals surface area contributed by atoms with Gasteiger partial charge in [-0.1, -0.05) is 25.1 Å². The van der Waals surface area contributed by atoms with Crippen molar-refractivity contribution in [3.8, 4) is 0 Å². The molecule has 0 amide bonds. The van der Waals surface area contributed by atoms with Crippen LogP contribution in [0.1, 0.15) is 31.7 Å². The van der Waals surface area contributed by atoms with Crippen LogP contribution in [0.25, 0.3) is 0 Å². The molecule has 108 valence electrons. The Bertz CT molecular complexity index is 461. The normalized spacial score (nSPS) is 22.9. The lowest BCUT2D eigenvalue weighted by molar-refractivity contribution is 0.219. The van der Waals surface area contributed by atoms with Crippen molar-refractivity contribution in [1.29, 1.82) is 0 Å². The van der Waals surface area contributed by atoms with E-state index in [4.69, 9.17) is 4.74 Å². The molecule has 0 saturated carbocycles. The van der Waals surface area contributed by atoms with Crippen molar-refractivity contribution < 1.29 is 4.74 Å². The van der Waals surface area contributed by atoms with Gasteiger partial charge in [-0.05, 0) is 49.4 Å². The number of nitrogens with one attached hydrogen (secondary N) is 1. The van der Waals surface area contributed by atoms with Gasteiger partial charge in [0.05, 0.1) is 12.9 Å². The Morgan fingerprint density at radius 1 is 1.40 bits per heavy atom. The third-order valence-corrected chi connectivity index (χ3v) is 5.41. The summed E-state index contributed by atoms with van der Waals surface area (Å²) in [6.45, 7) is 4.18. The molecule has 2 heterocycles. The van der Waals surface area contributed by atoms with E-state index in [2.05, 4.69) is 36.5 Å². The van der Waals surface area contributed by atoms with Crippen LogP contribution in [-0.2, 0) is 11.2 Å². The molecule has 2 nitrogen and oxygen atoms in total. The first kappa shape index (κ1) is 14.0. The molecule has 1 aromatic carbocycles. The number of hydrogen-bond acceptors (Lipinski definition) is 3. The van der Waals surface area contributed by atoms with Crippen molar-refractivity contribution in [3.05, 3.63) is 41.7 Å². The summed E-state index contributed by atoms with van der Waals surface area (Å²) >= 11 is 2.03. The molecule has 0 aromatic heterocycles. The molecule has 2 aliphatic heterocycles. The minimum Gasteiger partial charge on any atom is -0.501 e. The van der Waals surface area contributed by atoms with Crippen LogP contribution >= 0.6 is 11.8 Å². The average molecular weight is 289 g/mol. The Morgan fingerprint density at radius 3 is 3.05 bits per heavy atom. The lowest BCUT2D eigenvalue weighted by Crippen LogP contribution is -2.40. The molecule has 0 radical (unpaired) electrons. The Kier molecular flexibility index (Phi) is 4.69. The van der Waals surface area contributed by atoms with E-state index in [9.17, 15) is 0 Å². The van der Waals surface area contributed by atoms with Gasteiger partial charge < -0.3 is 10.1 Å². The maximum Gasteiger partial charge on any atom is 0.0876 e. The smallest absolute Gasteiger partial charge is 0.0876 e. The second-order valence-corrected chi connectivity index (χ2v) is 6.85. The van der Waals surface area contributed by atoms with Crippen LogP contribution in [-0.4, -0.2) is 24.4 Å². The molecule has 0 fully saturated rings. The van der Waals surface area contributed by atoms with Crippen molar-refractivity contribution in [1.82, 2.24) is 5.32 Å². The summed E-state index contributed by atoms with van der Waals surface area (Å²) in [5.74, 6) is 0. The molecular formula is C17H23NOS. The topological polar surface area (TPSA) is 21.3 Å². The van der Waals surface area contributed by atoms with Crippen LogP contribution in [0, 0.1) is 0 Å². The third-order valence-electron chi connectivity index (χ3n) is 4.02. The van der Waals surface area contributed by atoms with Crippen LogP contribution < -0.4 is 5.32 Å². The second kappa shape index (κ2) is 6.68. The molecule has 2 aliphatic rings. The second-order valence-electron chi connectivity index (χ2n) is 5.57. The zero-order chi connectivity index (χ0) is 13.8. The zero-order valence-corrected chi connectivity index (χ0v) is 12.9. The number of benzene rings is 1. The number of thioether (sulfide) groups is 1. The number of fused-ring (bicyclic) bond motifs is 1. The predicted molar refractivity (Wildman–Crippen MR) is 85.1 cm³/mol. The van der Waals surface area contributed by atoms with E-state index in [1.807, 2.05) is 18.0 Å². The van der Waals surface area contributed by atoms with Gasteiger partial charge in [-0.2, -0.15) is 0 Å². The molecule has 2 unspecified atom stereocenters. The molecule has 0 saturated heterocycles. The standard InChI is InChI=1S/C17H23NOS/c1-2-9-18-17(14-7-5-10-19-12-14)16-11-13-6-3-4-8-15(13)20-16/h3-4,6,8,12,16-18H,2,5,7,9-11H2,1H3. The van der Waals surface area contributed by atoms with E-state index >= 15 is 0 Å². The summed E-state index contributed by atoms with van der Waals surface area (Å²) in [7, 11) is 0. The molecule has 20 heavy (non-hydrogen) atoms. The van der Waals surface area contributed by atoms with E-state index in [0.717, 1.165) is 19.6 Å². The van der Waals surface area contributed by atoms with E-state index in [-0.39, 0.29) is 0 Å². The highest BCUT2D eigenvalue weighted by atomic mass is 32.2. The molecule has 0 spiro atoms. The number of ether oxygens (including phenoxy) is 1. The van der Waals surface area contributed by atoms with Crippen LogP contribution in [0.3, 0.4) is 0 Å². The Labute approximate surface area is 126 Å². The molecule has 3 rings (SSSR count). The van der Waals surface area contributed by atoms with Crippen LogP contribution in [0.5, 0.6) is 0 Å². The highest BCUT2D eigenvalue weighted by molar-refractivity contribution is 8.00. The Balaban J connectivity index is 1.75. The van der Waals surface area contributed by atoms with E-state index in [1.165, 1.54) is 35.3 Å². The molecular weight excluding hydrogens is 266 g/mol. The largest absolute Gasteiger partial charge is 0.501 e. The molecule has 1 aromatic rings. The van der Waals surface area contributed by atoms with Gasteiger partial charge in [0.15, 0.2) is 0 Å². The summed E-state index contributed by atoms with van der Waals surface area (Å²) in [5, 5.41) is 4.35. The van der Waals surface area contributed by atoms with Crippen molar-refractivity contribution in [3.63, 3.8) is 0 Å². The molecule has 3 heteroatoms. The quantitative estimate of drug-likeness (QED) is 0.891. The van der Waals surface area contributed by atoms with Gasteiger partial charge >= 0.3 is 0 Å². The summed E-state index contributed by atoms with van der Waals surface area (Å²) < 4.78 is 5.57. The monoisotopic (exact) mass is 289 g/mol. The Morgan fingerprint density at radius 2 is 2.30 bits per heavy atom. The fourth-order valence-electron chi connectivity index (χ4n) is 3.01. The van der Waals surface area contributed by atoms with Crippen molar-refractivity contribution in [2.45, 2.75) is 48.8 Å². The van der Waals surface area contributed by atoms with Crippen LogP contribution in [0.2, 0.25) is 0 Å². The van der Waals surface area contributed by atoms with Gasteiger partial charge in [0.25, 0.3) is 0 Å². The molecule has 1 N–H and O–H groups in total. The number of hydrogen-bond donors (Lipinski definition) is 1. The van der Waals surface area contributed by atoms with Gasteiger partial charge in [-0.3, -0.25) is 0 Å². The van der Waals surface area contributed by atoms with Gasteiger partial charge in [-0.15, -0.1) is 11.8 Å². The predicted octanol–water partition coefficient (Wildman–Crippen LogP) is 3.77. The molecule has 0 bridgehead atoms. The summed E-state index contributed by atoms with van der Waals surface area (Å²) in [4.78, 5) is 1.46. The molecule has 2 atom stereocenters. The molecule has 0 aliphatic carbocycles. The maximum absolute atomic E-state index is 5.57. The van der Waals surface area contributed by atoms with E-state index in [0.29, 0.717) is 11.3 Å². The Hall–Kier alpha value is -0.930. The van der Waals surface area contributed by atoms with Gasteiger partial charge in [-0.25, -0.2) is 0 Å². The van der Waals surface area contributed by atoms with Crippen LogP contribution in [0.15, 0.2) is 41.0 Å². The summed E-state index contributed by atoms with van der Waals surface area (Å²) in [6, 6.07) is 9.27. The van der Waals surface area contributed by atoms with Gasteiger partial charge in [0.2, 0.25) is 0 Å². The fourth-order valence-corrected chi connectivity index (χ4v) is 4.47. The van der Waals surface area contributed by atoms with Crippen molar-refractivity contribution in [2.24, 2.45) is 0 Å². The van der Waals surface area contributed by atoms with Crippen molar-refractivity contribution >= 4 is 11.8 Å². The first-order chi connectivity index (χ1) is 9.88. The zero-order valence-electron chi connectivity index (χ0n) is 12.1. The highest BCUT2D eigenvalue weighted by Crippen LogP contribution is 2.40. The maximum atomic E-state index is 5.57.